The molecule has 0 bridgehead atoms. The van der Waals surface area contributed by atoms with Crippen molar-refractivity contribution in [2.45, 2.75) is 32.0 Å². The normalized spacial score (nSPS) is 20.5. The van der Waals surface area contributed by atoms with Gasteiger partial charge in [0.05, 0.1) is 18.0 Å². The molecule has 0 atom stereocenters. The van der Waals surface area contributed by atoms with Crippen molar-refractivity contribution in [3.8, 4) is 16.9 Å². The number of fused-ring (bicyclic) bond motifs is 1. The number of benzene rings is 1. The maximum absolute atomic E-state index is 9.47. The van der Waals surface area contributed by atoms with Gasteiger partial charge in [0.15, 0.2) is 0 Å². The van der Waals surface area contributed by atoms with E-state index in [2.05, 4.69) is 28.3 Å². The highest BCUT2D eigenvalue weighted by molar-refractivity contribution is 5.92. The molecule has 1 aliphatic rings. The van der Waals surface area contributed by atoms with Crippen molar-refractivity contribution in [3.05, 3.63) is 42.5 Å². The molecule has 5 nitrogen and oxygen atoms in total. The van der Waals surface area contributed by atoms with E-state index in [1.54, 1.807) is 4.68 Å². The van der Waals surface area contributed by atoms with Gasteiger partial charge in [0.25, 0.3) is 0 Å². The second-order valence-electron chi connectivity index (χ2n) is 6.24. The maximum Gasteiger partial charge on any atom is 0.148 e. The van der Waals surface area contributed by atoms with Crippen molar-refractivity contribution in [3.63, 3.8) is 0 Å². The van der Waals surface area contributed by atoms with Gasteiger partial charge in [0.2, 0.25) is 0 Å². The summed E-state index contributed by atoms with van der Waals surface area (Å²) in [5.41, 5.74) is 3.06. The summed E-state index contributed by atoms with van der Waals surface area (Å²) in [7, 11) is 1.91. The van der Waals surface area contributed by atoms with Crippen LogP contribution in [0.3, 0.4) is 0 Å². The van der Waals surface area contributed by atoms with E-state index in [-0.39, 0.29) is 12.2 Å². The molecule has 0 aliphatic heterocycles. The Morgan fingerprint density at radius 1 is 1.22 bits per heavy atom. The third-order valence-corrected chi connectivity index (χ3v) is 4.42. The molecule has 5 heteroatoms. The Hall–Kier alpha value is -2.40. The van der Waals surface area contributed by atoms with Crippen molar-refractivity contribution < 1.29 is 9.84 Å². The number of pyridine rings is 1. The van der Waals surface area contributed by atoms with Gasteiger partial charge in [-0.25, -0.2) is 0 Å². The molecule has 118 valence electrons. The minimum atomic E-state index is -0.228. The number of rotatable bonds is 3. The first-order chi connectivity index (χ1) is 11.1. The lowest BCUT2D eigenvalue weighted by Gasteiger charge is -2.32. The molecular formula is C18H19N3O2. The summed E-state index contributed by atoms with van der Waals surface area (Å²) < 4.78 is 7.91. The second kappa shape index (κ2) is 5.35. The molecule has 0 saturated heterocycles. The van der Waals surface area contributed by atoms with Crippen LogP contribution in [-0.4, -0.2) is 32.1 Å². The molecule has 1 aromatic carbocycles. The highest BCUT2D eigenvalue weighted by Gasteiger charge is 2.30. The Morgan fingerprint density at radius 3 is 2.74 bits per heavy atom. The SMILES string of the molecule is Cc1ncc2ccc(-c3cnn(C)c3)cc2c1OC1CC(O)C1. The lowest BCUT2D eigenvalue weighted by Crippen LogP contribution is -2.37. The van der Waals surface area contributed by atoms with Gasteiger partial charge in [-0.2, -0.15) is 5.10 Å². The Balaban J connectivity index is 1.78. The maximum atomic E-state index is 9.47. The van der Waals surface area contributed by atoms with Crippen LogP contribution in [0, 0.1) is 6.92 Å². The molecule has 1 N–H and O–H groups in total. The minimum absolute atomic E-state index is 0.0816. The third-order valence-electron chi connectivity index (χ3n) is 4.42. The van der Waals surface area contributed by atoms with Crippen LogP contribution in [0.15, 0.2) is 36.8 Å². The number of aliphatic hydroxyl groups is 1. The van der Waals surface area contributed by atoms with E-state index in [9.17, 15) is 5.11 Å². The van der Waals surface area contributed by atoms with Crippen molar-refractivity contribution in [1.82, 2.24) is 14.8 Å². The summed E-state index contributed by atoms with van der Waals surface area (Å²) in [4.78, 5) is 4.44. The van der Waals surface area contributed by atoms with Crippen LogP contribution in [0.2, 0.25) is 0 Å². The number of ether oxygens (including phenoxy) is 1. The summed E-state index contributed by atoms with van der Waals surface area (Å²) in [5, 5.41) is 15.8. The molecule has 0 radical (unpaired) electrons. The number of nitrogens with zero attached hydrogens (tertiary/aromatic N) is 3. The molecule has 23 heavy (non-hydrogen) atoms. The number of aryl methyl sites for hydroxylation is 2. The number of hydrogen-bond acceptors (Lipinski definition) is 4. The molecular weight excluding hydrogens is 290 g/mol. The van der Waals surface area contributed by atoms with Crippen LogP contribution >= 0.6 is 0 Å². The Morgan fingerprint density at radius 2 is 2.04 bits per heavy atom. The van der Waals surface area contributed by atoms with Crippen molar-refractivity contribution in [2.75, 3.05) is 0 Å². The molecule has 4 rings (SSSR count). The van der Waals surface area contributed by atoms with Crippen molar-refractivity contribution in [1.29, 1.82) is 0 Å². The van der Waals surface area contributed by atoms with Gasteiger partial charge < -0.3 is 9.84 Å². The van der Waals surface area contributed by atoms with E-state index in [0.29, 0.717) is 12.8 Å². The van der Waals surface area contributed by atoms with E-state index in [1.807, 2.05) is 32.6 Å². The molecule has 0 amide bonds. The number of aliphatic hydroxyl groups excluding tert-OH is 1. The minimum Gasteiger partial charge on any atom is -0.488 e. The summed E-state index contributed by atoms with van der Waals surface area (Å²) in [6, 6.07) is 6.27. The average molecular weight is 309 g/mol. The lowest BCUT2D eigenvalue weighted by atomic mass is 9.92. The fourth-order valence-corrected chi connectivity index (χ4v) is 2.98. The summed E-state index contributed by atoms with van der Waals surface area (Å²) in [6.07, 6.45) is 6.97. The summed E-state index contributed by atoms with van der Waals surface area (Å²) in [5.74, 6) is 0.824. The standard InChI is InChI=1S/C18H19N3O2/c1-11-18(23-16-6-15(22)7-16)17-5-12(3-4-13(17)8-19-11)14-9-20-21(2)10-14/h3-5,8-10,15-16,22H,6-7H2,1-2H3. The zero-order valence-corrected chi connectivity index (χ0v) is 13.2. The molecule has 2 aromatic heterocycles. The van der Waals surface area contributed by atoms with Gasteiger partial charge in [-0.3, -0.25) is 9.67 Å². The van der Waals surface area contributed by atoms with Crippen LogP contribution in [0.4, 0.5) is 0 Å². The average Bonchev–Trinajstić information content (AvgIpc) is 2.94. The highest BCUT2D eigenvalue weighted by Crippen LogP contribution is 2.35. The molecule has 3 aromatic rings. The summed E-state index contributed by atoms with van der Waals surface area (Å²) >= 11 is 0. The Kier molecular flexibility index (Phi) is 3.31. The smallest absolute Gasteiger partial charge is 0.148 e. The first kappa shape index (κ1) is 14.2. The van der Waals surface area contributed by atoms with E-state index in [4.69, 9.17) is 4.74 Å². The lowest BCUT2D eigenvalue weighted by molar-refractivity contribution is -0.0105. The fraction of sp³-hybridized carbons (Fsp3) is 0.333. The predicted octanol–water partition coefficient (Wildman–Crippen LogP) is 2.85. The molecule has 1 saturated carbocycles. The Bertz CT molecular complexity index is 866. The monoisotopic (exact) mass is 309 g/mol. The van der Waals surface area contributed by atoms with Crippen LogP contribution < -0.4 is 4.74 Å². The van der Waals surface area contributed by atoms with Crippen molar-refractivity contribution in [2.24, 2.45) is 7.05 Å². The largest absolute Gasteiger partial charge is 0.488 e. The van der Waals surface area contributed by atoms with Gasteiger partial charge >= 0.3 is 0 Å². The Labute approximate surface area is 134 Å². The van der Waals surface area contributed by atoms with Gasteiger partial charge in [-0.05, 0) is 18.6 Å². The van der Waals surface area contributed by atoms with Crippen LogP contribution in [0.25, 0.3) is 21.9 Å². The van der Waals surface area contributed by atoms with Crippen molar-refractivity contribution >= 4 is 10.8 Å². The third kappa shape index (κ3) is 2.57. The summed E-state index contributed by atoms with van der Waals surface area (Å²) in [6.45, 7) is 1.96. The zero-order valence-electron chi connectivity index (χ0n) is 13.2. The molecule has 1 fully saturated rings. The molecule has 1 aliphatic carbocycles. The molecule has 2 heterocycles. The quantitative estimate of drug-likeness (QED) is 0.808. The van der Waals surface area contributed by atoms with E-state index >= 15 is 0 Å². The highest BCUT2D eigenvalue weighted by atomic mass is 16.5. The second-order valence-corrected chi connectivity index (χ2v) is 6.24. The van der Waals surface area contributed by atoms with Gasteiger partial charge in [0, 0.05) is 48.6 Å². The molecule has 0 unspecified atom stereocenters. The van der Waals surface area contributed by atoms with Gasteiger partial charge in [0.1, 0.15) is 11.9 Å². The van der Waals surface area contributed by atoms with E-state index < -0.39 is 0 Å². The van der Waals surface area contributed by atoms with E-state index in [0.717, 1.165) is 33.3 Å². The van der Waals surface area contributed by atoms with Crippen LogP contribution in [-0.2, 0) is 7.05 Å². The van der Waals surface area contributed by atoms with Gasteiger partial charge in [-0.15, -0.1) is 0 Å². The topological polar surface area (TPSA) is 60.2 Å². The first-order valence-electron chi connectivity index (χ1n) is 7.83. The van der Waals surface area contributed by atoms with Crippen LogP contribution in [0.5, 0.6) is 5.75 Å². The fourth-order valence-electron chi connectivity index (χ4n) is 2.98. The van der Waals surface area contributed by atoms with Crippen LogP contribution in [0.1, 0.15) is 18.5 Å². The van der Waals surface area contributed by atoms with Gasteiger partial charge in [-0.1, -0.05) is 12.1 Å². The predicted molar refractivity (Wildman–Crippen MR) is 88.3 cm³/mol. The van der Waals surface area contributed by atoms with E-state index in [1.165, 1.54) is 0 Å². The first-order valence-corrected chi connectivity index (χ1v) is 7.83. The zero-order chi connectivity index (χ0) is 16.0. The number of hydrogen-bond donors (Lipinski definition) is 1. The number of aromatic nitrogens is 3. The molecule has 0 spiro atoms.